The molecular formula is C24H30N2O4. The molecule has 0 saturated carbocycles. The van der Waals surface area contributed by atoms with Gasteiger partial charge in [0.15, 0.2) is 0 Å². The van der Waals surface area contributed by atoms with Gasteiger partial charge in [-0.05, 0) is 57.6 Å². The molecule has 6 heteroatoms. The minimum absolute atomic E-state index is 0.151. The lowest BCUT2D eigenvalue weighted by molar-refractivity contribution is -0.138. The van der Waals surface area contributed by atoms with Crippen LogP contribution in [-0.2, 0) is 14.3 Å². The van der Waals surface area contributed by atoms with Crippen LogP contribution in [0, 0.1) is 5.92 Å². The molecule has 0 aliphatic carbocycles. The van der Waals surface area contributed by atoms with Crippen molar-refractivity contribution in [3.05, 3.63) is 54.1 Å². The number of rotatable bonds is 3. The van der Waals surface area contributed by atoms with Gasteiger partial charge < -0.3 is 9.64 Å². The van der Waals surface area contributed by atoms with E-state index < -0.39 is 5.60 Å². The van der Waals surface area contributed by atoms with E-state index in [1.165, 1.54) is 11.0 Å². The molecule has 1 fully saturated rings. The fourth-order valence-corrected chi connectivity index (χ4v) is 3.65. The molecule has 0 bridgehead atoms. The molecule has 0 aromatic heterocycles. The van der Waals surface area contributed by atoms with Gasteiger partial charge in [0.2, 0.25) is 0 Å². The van der Waals surface area contributed by atoms with Crippen LogP contribution < -0.4 is 0 Å². The van der Waals surface area contributed by atoms with Gasteiger partial charge in [0.25, 0.3) is 11.8 Å². The molecule has 1 aromatic carbocycles. The zero-order valence-corrected chi connectivity index (χ0v) is 18.0. The number of imide groups is 1. The Morgan fingerprint density at radius 2 is 1.73 bits per heavy atom. The third-order valence-electron chi connectivity index (χ3n) is 5.20. The van der Waals surface area contributed by atoms with Crippen LogP contribution in [0.2, 0.25) is 0 Å². The van der Waals surface area contributed by atoms with Crippen LogP contribution in [0.25, 0.3) is 5.57 Å². The highest BCUT2D eigenvalue weighted by atomic mass is 16.6. The largest absolute Gasteiger partial charge is 0.444 e. The van der Waals surface area contributed by atoms with E-state index in [1.807, 2.05) is 57.2 Å². The molecule has 1 saturated heterocycles. The summed E-state index contributed by atoms with van der Waals surface area (Å²) in [5.74, 6) is -0.378. The molecular weight excluding hydrogens is 380 g/mol. The summed E-state index contributed by atoms with van der Waals surface area (Å²) in [5.41, 5.74) is 0.838. The van der Waals surface area contributed by atoms with Crippen LogP contribution in [0.5, 0.6) is 0 Å². The first-order chi connectivity index (χ1) is 14.2. The fourth-order valence-electron chi connectivity index (χ4n) is 3.65. The van der Waals surface area contributed by atoms with E-state index in [-0.39, 0.29) is 23.8 Å². The molecule has 2 aliphatic rings. The first-order valence-electron chi connectivity index (χ1n) is 10.5. The standard InChI is InChI=1S/C24H30N2O4/c1-24(2,3)30-23(29)25-15-12-18(13-16-25)17-20(19-9-5-4-6-10-19)22(28)26-14-8-7-11-21(26)27/h4-7,9-11,17-18H,8,12-16H2,1-3H3. The second-order valence-electron chi connectivity index (χ2n) is 8.74. The van der Waals surface area contributed by atoms with E-state index in [0.717, 1.165) is 18.4 Å². The number of benzene rings is 1. The van der Waals surface area contributed by atoms with Crippen molar-refractivity contribution in [2.24, 2.45) is 5.92 Å². The van der Waals surface area contributed by atoms with Gasteiger partial charge in [-0.2, -0.15) is 0 Å². The zero-order valence-electron chi connectivity index (χ0n) is 18.0. The Morgan fingerprint density at radius 3 is 2.33 bits per heavy atom. The van der Waals surface area contributed by atoms with Gasteiger partial charge in [-0.25, -0.2) is 4.79 Å². The van der Waals surface area contributed by atoms with E-state index in [4.69, 9.17) is 4.74 Å². The molecule has 6 nitrogen and oxygen atoms in total. The van der Waals surface area contributed by atoms with Crippen molar-refractivity contribution in [2.75, 3.05) is 19.6 Å². The smallest absolute Gasteiger partial charge is 0.410 e. The number of carbonyl (C=O) groups is 3. The minimum Gasteiger partial charge on any atom is -0.444 e. The Bertz CT molecular complexity index is 844. The lowest BCUT2D eigenvalue weighted by atomic mass is 9.91. The maximum Gasteiger partial charge on any atom is 0.410 e. The molecule has 2 heterocycles. The highest BCUT2D eigenvalue weighted by Gasteiger charge is 2.29. The minimum atomic E-state index is -0.518. The molecule has 2 aliphatic heterocycles. The number of ether oxygens (including phenoxy) is 1. The van der Waals surface area contributed by atoms with Crippen LogP contribution in [0.1, 0.15) is 45.6 Å². The third-order valence-corrected chi connectivity index (χ3v) is 5.20. The number of hydrogen-bond acceptors (Lipinski definition) is 4. The Hall–Kier alpha value is -2.89. The van der Waals surface area contributed by atoms with E-state index in [0.29, 0.717) is 31.6 Å². The monoisotopic (exact) mass is 410 g/mol. The molecule has 3 rings (SSSR count). The molecule has 1 aromatic rings. The van der Waals surface area contributed by atoms with Gasteiger partial charge in [0.1, 0.15) is 5.60 Å². The first kappa shape index (κ1) is 21.8. The summed E-state index contributed by atoms with van der Waals surface area (Å²) in [6.45, 7) is 7.13. The van der Waals surface area contributed by atoms with E-state index >= 15 is 0 Å². The van der Waals surface area contributed by atoms with Gasteiger partial charge in [-0.1, -0.05) is 42.5 Å². The van der Waals surface area contributed by atoms with Crippen molar-refractivity contribution in [1.82, 2.24) is 9.80 Å². The van der Waals surface area contributed by atoms with Crippen LogP contribution in [0.15, 0.2) is 48.6 Å². The molecule has 30 heavy (non-hydrogen) atoms. The summed E-state index contributed by atoms with van der Waals surface area (Å²) >= 11 is 0. The molecule has 0 radical (unpaired) electrons. The average molecular weight is 411 g/mol. The zero-order chi connectivity index (χ0) is 21.7. The van der Waals surface area contributed by atoms with E-state index in [1.54, 1.807) is 11.0 Å². The Balaban J connectivity index is 1.75. The molecule has 0 N–H and O–H groups in total. The average Bonchev–Trinajstić information content (AvgIpc) is 2.72. The van der Waals surface area contributed by atoms with Gasteiger partial charge in [-0.3, -0.25) is 14.5 Å². The topological polar surface area (TPSA) is 66.9 Å². The number of hydrogen-bond donors (Lipinski definition) is 0. The van der Waals surface area contributed by atoms with Crippen molar-refractivity contribution in [3.63, 3.8) is 0 Å². The van der Waals surface area contributed by atoms with Gasteiger partial charge in [0, 0.05) is 25.2 Å². The van der Waals surface area contributed by atoms with Gasteiger partial charge >= 0.3 is 6.09 Å². The van der Waals surface area contributed by atoms with Gasteiger partial charge in [-0.15, -0.1) is 0 Å². The summed E-state index contributed by atoms with van der Waals surface area (Å²) in [7, 11) is 0. The second kappa shape index (κ2) is 9.28. The van der Waals surface area contributed by atoms with E-state index in [2.05, 4.69) is 0 Å². The lowest BCUT2D eigenvalue weighted by Gasteiger charge is -2.33. The maximum atomic E-state index is 13.2. The number of nitrogens with zero attached hydrogens (tertiary/aromatic N) is 2. The molecule has 0 spiro atoms. The highest BCUT2D eigenvalue weighted by Crippen LogP contribution is 2.27. The summed E-state index contributed by atoms with van der Waals surface area (Å²) in [4.78, 5) is 40.8. The number of carbonyl (C=O) groups excluding carboxylic acids is 3. The third kappa shape index (κ3) is 5.59. The van der Waals surface area contributed by atoms with Crippen LogP contribution in [0.4, 0.5) is 4.79 Å². The maximum absolute atomic E-state index is 13.2. The SMILES string of the molecule is CC(C)(C)OC(=O)N1CCC(C=C(C(=O)N2CCC=CC2=O)c2ccccc2)CC1. The quantitative estimate of drug-likeness (QED) is 0.706. The van der Waals surface area contributed by atoms with Crippen LogP contribution in [0.3, 0.4) is 0 Å². The highest BCUT2D eigenvalue weighted by molar-refractivity contribution is 6.24. The summed E-state index contributed by atoms with van der Waals surface area (Å²) in [6.07, 6.45) is 7.11. The Labute approximate surface area is 178 Å². The van der Waals surface area contributed by atoms with Crippen molar-refractivity contribution >= 4 is 23.5 Å². The van der Waals surface area contributed by atoms with Crippen LogP contribution in [-0.4, -0.2) is 52.9 Å². The van der Waals surface area contributed by atoms with Gasteiger partial charge in [0.05, 0.1) is 0 Å². The second-order valence-corrected chi connectivity index (χ2v) is 8.74. The van der Waals surface area contributed by atoms with Crippen molar-refractivity contribution < 1.29 is 19.1 Å². The number of allylic oxidation sites excluding steroid dienone is 1. The van der Waals surface area contributed by atoms with Crippen molar-refractivity contribution in [1.29, 1.82) is 0 Å². The molecule has 160 valence electrons. The fraction of sp³-hybridized carbons (Fsp3) is 0.458. The predicted octanol–water partition coefficient (Wildman–Crippen LogP) is 4.03. The molecule has 0 unspecified atom stereocenters. The Morgan fingerprint density at radius 1 is 1.07 bits per heavy atom. The summed E-state index contributed by atoms with van der Waals surface area (Å²) < 4.78 is 5.46. The number of amides is 3. The molecule has 3 amide bonds. The van der Waals surface area contributed by atoms with Crippen molar-refractivity contribution in [2.45, 2.75) is 45.6 Å². The first-order valence-corrected chi connectivity index (χ1v) is 10.5. The van der Waals surface area contributed by atoms with Crippen molar-refractivity contribution in [3.8, 4) is 0 Å². The molecule has 0 atom stereocenters. The lowest BCUT2D eigenvalue weighted by Crippen LogP contribution is -2.42. The predicted molar refractivity (Wildman–Crippen MR) is 115 cm³/mol. The Kier molecular flexibility index (Phi) is 6.75. The number of piperidine rings is 1. The summed E-state index contributed by atoms with van der Waals surface area (Å²) in [5, 5.41) is 0. The number of likely N-dealkylation sites (tertiary alicyclic amines) is 1. The normalized spacial score (nSPS) is 18.5. The summed E-state index contributed by atoms with van der Waals surface area (Å²) in [6, 6.07) is 9.46. The van der Waals surface area contributed by atoms with E-state index in [9.17, 15) is 14.4 Å². The van der Waals surface area contributed by atoms with Crippen LogP contribution >= 0.6 is 0 Å².